The van der Waals surface area contributed by atoms with Gasteiger partial charge in [-0.3, -0.25) is 4.90 Å². The average Bonchev–Trinajstić information content (AvgIpc) is 2.38. The standard InChI is InChI=1S/C14H21N3O2/c1-4-11-9-17(8-7-16(11)3)13-6-5-12(14(18)19)10(2)15-13/h5-6,11H,4,7-9H2,1-3H3,(H,18,19). The van der Waals surface area contributed by atoms with Crippen LogP contribution in [0.4, 0.5) is 5.82 Å². The van der Waals surface area contributed by atoms with Crippen molar-refractivity contribution in [1.29, 1.82) is 0 Å². The van der Waals surface area contributed by atoms with Gasteiger partial charge in [0.1, 0.15) is 5.82 Å². The Balaban J connectivity index is 2.18. The molecule has 1 saturated heterocycles. The van der Waals surface area contributed by atoms with Gasteiger partial charge in [-0.1, -0.05) is 6.92 Å². The Hall–Kier alpha value is -1.62. The van der Waals surface area contributed by atoms with Crippen LogP contribution >= 0.6 is 0 Å². The van der Waals surface area contributed by atoms with Crippen molar-refractivity contribution in [3.63, 3.8) is 0 Å². The van der Waals surface area contributed by atoms with E-state index in [1.807, 2.05) is 6.07 Å². The molecule has 1 atom stereocenters. The van der Waals surface area contributed by atoms with Crippen molar-refractivity contribution in [3.8, 4) is 0 Å². The zero-order valence-electron chi connectivity index (χ0n) is 11.8. The molecule has 0 aromatic carbocycles. The van der Waals surface area contributed by atoms with Crippen LogP contribution in [0.5, 0.6) is 0 Å². The predicted octanol–water partition coefficient (Wildman–Crippen LogP) is 1.62. The topological polar surface area (TPSA) is 56.7 Å². The first-order valence-electron chi connectivity index (χ1n) is 6.69. The van der Waals surface area contributed by atoms with E-state index in [2.05, 4.69) is 28.8 Å². The summed E-state index contributed by atoms with van der Waals surface area (Å²) in [5.74, 6) is -0.0320. The molecule has 1 aromatic heterocycles. The molecular formula is C14H21N3O2. The Morgan fingerprint density at radius 1 is 1.47 bits per heavy atom. The Morgan fingerprint density at radius 2 is 2.21 bits per heavy atom. The van der Waals surface area contributed by atoms with Crippen molar-refractivity contribution >= 4 is 11.8 Å². The van der Waals surface area contributed by atoms with E-state index in [1.54, 1.807) is 13.0 Å². The first-order valence-corrected chi connectivity index (χ1v) is 6.69. The van der Waals surface area contributed by atoms with Crippen LogP contribution in [0.3, 0.4) is 0 Å². The average molecular weight is 263 g/mol. The number of nitrogens with zero attached hydrogens (tertiary/aromatic N) is 3. The molecule has 1 N–H and O–H groups in total. The molecular weight excluding hydrogens is 242 g/mol. The third kappa shape index (κ3) is 2.87. The van der Waals surface area contributed by atoms with E-state index in [9.17, 15) is 4.79 Å². The van der Waals surface area contributed by atoms with Gasteiger partial charge >= 0.3 is 5.97 Å². The normalized spacial score (nSPS) is 20.6. The first-order chi connectivity index (χ1) is 9.02. The molecule has 0 aliphatic carbocycles. The molecule has 0 amide bonds. The lowest BCUT2D eigenvalue weighted by molar-refractivity contribution is 0.0695. The number of anilines is 1. The van der Waals surface area contributed by atoms with Gasteiger partial charge in [0.15, 0.2) is 0 Å². The van der Waals surface area contributed by atoms with E-state index >= 15 is 0 Å². The van der Waals surface area contributed by atoms with Gasteiger partial charge in [-0.25, -0.2) is 9.78 Å². The summed E-state index contributed by atoms with van der Waals surface area (Å²) in [7, 11) is 2.15. The van der Waals surface area contributed by atoms with Gasteiger partial charge in [0.25, 0.3) is 0 Å². The fraction of sp³-hybridized carbons (Fsp3) is 0.571. The summed E-state index contributed by atoms with van der Waals surface area (Å²) in [6.45, 7) is 6.84. The molecule has 0 saturated carbocycles. The number of piperazine rings is 1. The maximum Gasteiger partial charge on any atom is 0.337 e. The number of hydrogen-bond acceptors (Lipinski definition) is 4. The van der Waals surface area contributed by atoms with Crippen LogP contribution in [0.1, 0.15) is 29.4 Å². The van der Waals surface area contributed by atoms with Crippen molar-refractivity contribution in [2.75, 3.05) is 31.6 Å². The van der Waals surface area contributed by atoms with Crippen molar-refractivity contribution in [1.82, 2.24) is 9.88 Å². The van der Waals surface area contributed by atoms with Gasteiger partial charge in [0, 0.05) is 25.7 Å². The van der Waals surface area contributed by atoms with Crippen LogP contribution < -0.4 is 4.90 Å². The summed E-state index contributed by atoms with van der Waals surface area (Å²) in [5.41, 5.74) is 0.863. The van der Waals surface area contributed by atoms with Gasteiger partial charge in [-0.05, 0) is 32.5 Å². The zero-order chi connectivity index (χ0) is 14.0. The molecule has 5 heteroatoms. The largest absolute Gasteiger partial charge is 0.478 e. The second kappa shape index (κ2) is 5.57. The number of pyridine rings is 1. The second-order valence-electron chi connectivity index (χ2n) is 5.10. The van der Waals surface area contributed by atoms with E-state index in [-0.39, 0.29) is 5.56 Å². The molecule has 104 valence electrons. The van der Waals surface area contributed by atoms with Gasteiger partial charge < -0.3 is 10.0 Å². The lowest BCUT2D eigenvalue weighted by Gasteiger charge is -2.39. The molecule has 2 heterocycles. The van der Waals surface area contributed by atoms with Crippen molar-refractivity contribution in [2.24, 2.45) is 0 Å². The number of carboxylic acids is 1. The Kier molecular flexibility index (Phi) is 4.04. The minimum atomic E-state index is -0.915. The van der Waals surface area contributed by atoms with Crippen LogP contribution in [0, 0.1) is 6.92 Å². The summed E-state index contributed by atoms with van der Waals surface area (Å²) in [4.78, 5) is 20.0. The van der Waals surface area contributed by atoms with Crippen LogP contribution in [-0.4, -0.2) is 53.7 Å². The number of aryl methyl sites for hydroxylation is 1. The Labute approximate surface area is 113 Å². The number of carboxylic acid groups (broad SMARTS) is 1. The summed E-state index contributed by atoms with van der Waals surface area (Å²) in [6, 6.07) is 4.00. The highest BCUT2D eigenvalue weighted by Crippen LogP contribution is 2.19. The van der Waals surface area contributed by atoms with Crippen LogP contribution in [-0.2, 0) is 0 Å². The smallest absolute Gasteiger partial charge is 0.337 e. The predicted molar refractivity (Wildman–Crippen MR) is 74.9 cm³/mol. The van der Waals surface area contributed by atoms with Crippen LogP contribution in [0.15, 0.2) is 12.1 Å². The lowest BCUT2D eigenvalue weighted by Crippen LogP contribution is -2.51. The molecule has 1 fully saturated rings. The van der Waals surface area contributed by atoms with E-state index < -0.39 is 5.97 Å². The number of aromatic carboxylic acids is 1. The summed E-state index contributed by atoms with van der Waals surface area (Å²) >= 11 is 0. The molecule has 19 heavy (non-hydrogen) atoms. The fourth-order valence-electron chi connectivity index (χ4n) is 2.54. The molecule has 1 aromatic rings. The quantitative estimate of drug-likeness (QED) is 0.898. The molecule has 0 bridgehead atoms. The Bertz CT molecular complexity index is 476. The van der Waals surface area contributed by atoms with Crippen molar-refractivity contribution < 1.29 is 9.90 Å². The number of aromatic nitrogens is 1. The number of hydrogen-bond donors (Lipinski definition) is 1. The molecule has 0 radical (unpaired) electrons. The molecule has 2 rings (SSSR count). The number of rotatable bonds is 3. The minimum absolute atomic E-state index is 0.282. The van der Waals surface area contributed by atoms with Crippen LogP contribution in [0.25, 0.3) is 0 Å². The van der Waals surface area contributed by atoms with Crippen molar-refractivity contribution in [3.05, 3.63) is 23.4 Å². The maximum atomic E-state index is 11.0. The number of carbonyl (C=O) groups is 1. The molecule has 1 unspecified atom stereocenters. The highest BCUT2D eigenvalue weighted by atomic mass is 16.4. The SMILES string of the molecule is CCC1CN(c2ccc(C(=O)O)c(C)n2)CCN1C. The molecule has 5 nitrogen and oxygen atoms in total. The third-order valence-electron chi connectivity index (χ3n) is 3.87. The molecule has 1 aliphatic rings. The van der Waals surface area contributed by atoms with E-state index in [0.717, 1.165) is 31.9 Å². The van der Waals surface area contributed by atoms with E-state index in [0.29, 0.717) is 11.7 Å². The minimum Gasteiger partial charge on any atom is -0.478 e. The first kappa shape index (κ1) is 13.8. The monoisotopic (exact) mass is 263 g/mol. The summed E-state index contributed by atoms with van der Waals surface area (Å²) in [5, 5.41) is 9.02. The van der Waals surface area contributed by atoms with Gasteiger partial charge in [-0.15, -0.1) is 0 Å². The summed E-state index contributed by atoms with van der Waals surface area (Å²) in [6.07, 6.45) is 1.11. The third-order valence-corrected chi connectivity index (χ3v) is 3.87. The Morgan fingerprint density at radius 3 is 2.79 bits per heavy atom. The fourth-order valence-corrected chi connectivity index (χ4v) is 2.54. The second-order valence-corrected chi connectivity index (χ2v) is 5.10. The molecule has 1 aliphatic heterocycles. The van der Waals surface area contributed by atoms with Gasteiger partial charge in [-0.2, -0.15) is 0 Å². The maximum absolute atomic E-state index is 11.0. The molecule has 0 spiro atoms. The van der Waals surface area contributed by atoms with E-state index in [4.69, 9.17) is 5.11 Å². The van der Waals surface area contributed by atoms with Crippen molar-refractivity contribution in [2.45, 2.75) is 26.3 Å². The van der Waals surface area contributed by atoms with E-state index in [1.165, 1.54) is 0 Å². The van der Waals surface area contributed by atoms with Gasteiger partial charge in [0.05, 0.1) is 11.3 Å². The lowest BCUT2D eigenvalue weighted by atomic mass is 10.1. The highest BCUT2D eigenvalue weighted by Gasteiger charge is 2.24. The zero-order valence-corrected chi connectivity index (χ0v) is 11.8. The van der Waals surface area contributed by atoms with Gasteiger partial charge in [0.2, 0.25) is 0 Å². The number of likely N-dealkylation sites (N-methyl/N-ethyl adjacent to an activating group) is 1. The summed E-state index contributed by atoms with van der Waals surface area (Å²) < 4.78 is 0. The van der Waals surface area contributed by atoms with Crippen LogP contribution in [0.2, 0.25) is 0 Å². The highest BCUT2D eigenvalue weighted by molar-refractivity contribution is 5.89.